The van der Waals surface area contributed by atoms with E-state index in [1.807, 2.05) is 12.1 Å². The second-order valence-corrected chi connectivity index (χ2v) is 5.75. The van der Waals surface area contributed by atoms with E-state index in [0.717, 1.165) is 18.6 Å². The number of ether oxygens (including phenoxy) is 2. The van der Waals surface area contributed by atoms with Crippen molar-refractivity contribution in [3.05, 3.63) is 29.8 Å². The minimum atomic E-state index is -0.0953. The lowest BCUT2D eigenvalue weighted by Crippen LogP contribution is -2.41. The summed E-state index contributed by atoms with van der Waals surface area (Å²) in [6.07, 6.45) is 1.72. The third-order valence-corrected chi connectivity index (χ3v) is 3.25. The quantitative estimate of drug-likeness (QED) is 0.650. The summed E-state index contributed by atoms with van der Waals surface area (Å²) >= 11 is 0. The number of benzene rings is 1. The maximum absolute atomic E-state index is 12.2. The van der Waals surface area contributed by atoms with Crippen LogP contribution in [0.15, 0.2) is 24.3 Å². The van der Waals surface area contributed by atoms with Gasteiger partial charge in [-0.2, -0.15) is 0 Å². The van der Waals surface area contributed by atoms with Crippen molar-refractivity contribution in [3.63, 3.8) is 0 Å². The Balaban J connectivity index is 2.49. The number of rotatable bonds is 10. The largest absolute Gasteiger partial charge is 0.494 e. The molecule has 0 fully saturated rings. The van der Waals surface area contributed by atoms with Crippen molar-refractivity contribution in [2.45, 2.75) is 32.7 Å². The molecule has 124 valence electrons. The number of hydrogen-bond acceptors (Lipinski definition) is 4. The molecular formula is C17H28N2O3. The Kier molecular flexibility index (Phi) is 8.55. The third kappa shape index (κ3) is 6.91. The average Bonchev–Trinajstić information content (AvgIpc) is 2.51. The maximum atomic E-state index is 12.2. The number of nitrogens with one attached hydrogen (secondary N) is 1. The first-order chi connectivity index (χ1) is 10.6. The van der Waals surface area contributed by atoms with Crippen molar-refractivity contribution in [2.24, 2.45) is 11.7 Å². The Labute approximate surface area is 133 Å². The highest BCUT2D eigenvalue weighted by Crippen LogP contribution is 2.13. The Morgan fingerprint density at radius 1 is 1.23 bits per heavy atom. The zero-order valence-electron chi connectivity index (χ0n) is 13.8. The molecule has 22 heavy (non-hydrogen) atoms. The summed E-state index contributed by atoms with van der Waals surface area (Å²) in [4.78, 5) is 12.2. The van der Waals surface area contributed by atoms with Crippen molar-refractivity contribution < 1.29 is 14.3 Å². The van der Waals surface area contributed by atoms with E-state index in [2.05, 4.69) is 19.2 Å². The second-order valence-electron chi connectivity index (χ2n) is 5.75. The Bertz CT molecular complexity index is 432. The molecule has 1 unspecified atom stereocenters. The van der Waals surface area contributed by atoms with Gasteiger partial charge in [-0.15, -0.1) is 0 Å². The molecular weight excluding hydrogens is 280 g/mol. The summed E-state index contributed by atoms with van der Waals surface area (Å²) < 4.78 is 10.5. The molecule has 0 saturated carbocycles. The summed E-state index contributed by atoms with van der Waals surface area (Å²) in [6.45, 7) is 5.96. The van der Waals surface area contributed by atoms with Crippen LogP contribution >= 0.6 is 0 Å². The molecule has 0 heterocycles. The van der Waals surface area contributed by atoms with Gasteiger partial charge in [0, 0.05) is 38.3 Å². The van der Waals surface area contributed by atoms with E-state index in [-0.39, 0.29) is 11.9 Å². The third-order valence-electron chi connectivity index (χ3n) is 3.25. The number of methoxy groups -OCH3 is 1. The second kappa shape index (κ2) is 10.2. The molecule has 0 spiro atoms. The minimum Gasteiger partial charge on any atom is -0.494 e. The molecule has 5 nitrogen and oxygen atoms in total. The maximum Gasteiger partial charge on any atom is 0.251 e. The zero-order valence-corrected chi connectivity index (χ0v) is 13.8. The fourth-order valence-electron chi connectivity index (χ4n) is 2.15. The molecule has 5 heteroatoms. The van der Waals surface area contributed by atoms with Gasteiger partial charge >= 0.3 is 0 Å². The molecule has 0 radical (unpaired) electrons. The lowest BCUT2D eigenvalue weighted by Gasteiger charge is -2.18. The molecule has 0 aliphatic rings. The highest BCUT2D eigenvalue weighted by Gasteiger charge is 2.13. The highest BCUT2D eigenvalue weighted by molar-refractivity contribution is 5.94. The van der Waals surface area contributed by atoms with Gasteiger partial charge in [-0.3, -0.25) is 4.79 Å². The number of hydrogen-bond donors (Lipinski definition) is 2. The molecule has 1 aromatic carbocycles. The van der Waals surface area contributed by atoms with E-state index in [0.29, 0.717) is 31.2 Å². The van der Waals surface area contributed by atoms with Crippen LogP contribution in [-0.4, -0.2) is 38.8 Å². The number of carbonyl (C=O) groups is 1. The van der Waals surface area contributed by atoms with E-state index >= 15 is 0 Å². The van der Waals surface area contributed by atoms with Crippen LogP contribution in [0.3, 0.4) is 0 Å². The van der Waals surface area contributed by atoms with Crippen LogP contribution in [0.1, 0.15) is 37.0 Å². The van der Waals surface area contributed by atoms with Crippen LogP contribution in [0.5, 0.6) is 5.75 Å². The summed E-state index contributed by atoms with van der Waals surface area (Å²) in [5.41, 5.74) is 6.32. The average molecular weight is 308 g/mol. The predicted octanol–water partition coefficient (Wildman–Crippen LogP) is 2.21. The van der Waals surface area contributed by atoms with Gasteiger partial charge in [0.25, 0.3) is 5.91 Å². The van der Waals surface area contributed by atoms with E-state index < -0.39 is 0 Å². The Hall–Kier alpha value is -1.59. The van der Waals surface area contributed by atoms with Gasteiger partial charge in [-0.1, -0.05) is 13.8 Å². The monoisotopic (exact) mass is 308 g/mol. The summed E-state index contributed by atoms with van der Waals surface area (Å²) in [5.74, 6) is 1.16. The SMILES string of the molecule is COCCCOc1ccc(C(=O)NC(CN)CC(C)C)cc1. The first kappa shape index (κ1) is 18.5. The predicted molar refractivity (Wildman–Crippen MR) is 88.2 cm³/mol. The molecule has 1 aromatic rings. The van der Waals surface area contributed by atoms with Gasteiger partial charge in [-0.25, -0.2) is 0 Å². The van der Waals surface area contributed by atoms with Crippen molar-refractivity contribution in [2.75, 3.05) is 26.9 Å². The van der Waals surface area contributed by atoms with E-state index in [4.69, 9.17) is 15.2 Å². The summed E-state index contributed by atoms with van der Waals surface area (Å²) in [5, 5.41) is 2.97. The topological polar surface area (TPSA) is 73.6 Å². The lowest BCUT2D eigenvalue weighted by atomic mass is 10.0. The molecule has 1 atom stereocenters. The van der Waals surface area contributed by atoms with Gasteiger partial charge in [0.2, 0.25) is 0 Å². The molecule has 1 amide bonds. The van der Waals surface area contributed by atoms with Crippen molar-refractivity contribution in [1.82, 2.24) is 5.32 Å². The Morgan fingerprint density at radius 2 is 1.91 bits per heavy atom. The summed E-state index contributed by atoms with van der Waals surface area (Å²) in [6, 6.07) is 7.16. The molecule has 3 N–H and O–H groups in total. The number of amides is 1. The van der Waals surface area contributed by atoms with Gasteiger partial charge in [0.1, 0.15) is 5.75 Å². The van der Waals surface area contributed by atoms with Gasteiger partial charge in [-0.05, 0) is 36.6 Å². The molecule has 0 saturated heterocycles. The number of nitrogens with two attached hydrogens (primary N) is 1. The fourth-order valence-corrected chi connectivity index (χ4v) is 2.15. The van der Waals surface area contributed by atoms with Crippen molar-refractivity contribution >= 4 is 5.91 Å². The molecule has 0 aromatic heterocycles. The zero-order chi connectivity index (χ0) is 16.4. The molecule has 0 aliphatic heterocycles. The van der Waals surface area contributed by atoms with E-state index in [1.165, 1.54) is 0 Å². The van der Waals surface area contributed by atoms with Crippen LogP contribution in [-0.2, 0) is 4.74 Å². The van der Waals surface area contributed by atoms with Crippen molar-refractivity contribution in [1.29, 1.82) is 0 Å². The molecule has 0 aliphatic carbocycles. The van der Waals surface area contributed by atoms with Gasteiger partial charge < -0.3 is 20.5 Å². The smallest absolute Gasteiger partial charge is 0.251 e. The van der Waals surface area contributed by atoms with E-state index in [1.54, 1.807) is 19.2 Å². The first-order valence-corrected chi connectivity index (χ1v) is 7.79. The van der Waals surface area contributed by atoms with Crippen LogP contribution in [0.25, 0.3) is 0 Å². The summed E-state index contributed by atoms with van der Waals surface area (Å²) in [7, 11) is 1.67. The van der Waals surface area contributed by atoms with Crippen molar-refractivity contribution in [3.8, 4) is 5.75 Å². The standard InChI is InChI=1S/C17H28N2O3/c1-13(2)11-15(12-18)19-17(20)14-5-7-16(8-6-14)22-10-4-9-21-3/h5-8,13,15H,4,9-12,18H2,1-3H3,(H,19,20). The lowest BCUT2D eigenvalue weighted by molar-refractivity contribution is 0.0933. The molecule has 1 rings (SSSR count). The van der Waals surface area contributed by atoms with Crippen LogP contribution < -0.4 is 15.8 Å². The van der Waals surface area contributed by atoms with Gasteiger partial charge in [0.15, 0.2) is 0 Å². The van der Waals surface area contributed by atoms with E-state index in [9.17, 15) is 4.79 Å². The normalized spacial score (nSPS) is 12.2. The fraction of sp³-hybridized carbons (Fsp3) is 0.588. The van der Waals surface area contributed by atoms with Gasteiger partial charge in [0.05, 0.1) is 6.61 Å². The highest BCUT2D eigenvalue weighted by atomic mass is 16.5. The van der Waals surface area contributed by atoms with Crippen LogP contribution in [0, 0.1) is 5.92 Å². The Morgan fingerprint density at radius 3 is 2.45 bits per heavy atom. The first-order valence-electron chi connectivity index (χ1n) is 7.79. The number of carbonyl (C=O) groups excluding carboxylic acids is 1. The minimum absolute atomic E-state index is 0.0115. The molecule has 0 bridgehead atoms. The van der Waals surface area contributed by atoms with Crippen LogP contribution in [0.4, 0.5) is 0 Å². The van der Waals surface area contributed by atoms with Crippen LogP contribution in [0.2, 0.25) is 0 Å².